The summed E-state index contributed by atoms with van der Waals surface area (Å²) in [5.74, 6) is -0.896. The Morgan fingerprint density at radius 2 is 2.03 bits per heavy atom. The minimum Gasteiger partial charge on any atom is -0.481 e. The van der Waals surface area contributed by atoms with Gasteiger partial charge in [0.15, 0.2) is 5.13 Å². The van der Waals surface area contributed by atoms with Crippen molar-refractivity contribution in [2.75, 3.05) is 24.2 Å². The van der Waals surface area contributed by atoms with E-state index >= 15 is 0 Å². The fraction of sp³-hybridized carbons (Fsp3) is 0.524. The zero-order valence-corrected chi connectivity index (χ0v) is 20.0. The molecule has 2 fully saturated rings. The summed E-state index contributed by atoms with van der Waals surface area (Å²) in [5, 5.41) is 14.1. The second-order valence-electron chi connectivity index (χ2n) is 7.97. The van der Waals surface area contributed by atoms with Crippen LogP contribution in [-0.4, -0.2) is 68.7 Å². The number of urea groups is 1. The van der Waals surface area contributed by atoms with E-state index in [1.165, 1.54) is 40.9 Å². The lowest BCUT2D eigenvalue weighted by molar-refractivity contribution is -0.133. The van der Waals surface area contributed by atoms with E-state index in [2.05, 4.69) is 10.3 Å². The van der Waals surface area contributed by atoms with Crippen LogP contribution in [0.2, 0.25) is 0 Å². The van der Waals surface area contributed by atoms with E-state index in [1.807, 2.05) is 27.3 Å². The molecule has 1 saturated heterocycles. The number of thiophene rings is 1. The maximum atomic E-state index is 13.4. The van der Waals surface area contributed by atoms with Gasteiger partial charge < -0.3 is 14.9 Å². The van der Waals surface area contributed by atoms with Gasteiger partial charge in [0.25, 0.3) is 5.91 Å². The van der Waals surface area contributed by atoms with Crippen LogP contribution in [0.4, 0.5) is 9.93 Å². The first-order valence-corrected chi connectivity index (χ1v) is 13.4. The molecule has 0 radical (unpaired) electrons. The van der Waals surface area contributed by atoms with E-state index in [1.54, 1.807) is 6.20 Å². The number of nitrogens with zero attached hydrogens (tertiary/aromatic N) is 3. The fourth-order valence-electron chi connectivity index (χ4n) is 4.37. The molecule has 2 aromatic rings. The first-order chi connectivity index (χ1) is 15.5. The van der Waals surface area contributed by atoms with E-state index in [9.17, 15) is 14.4 Å². The molecule has 2 aliphatic rings. The van der Waals surface area contributed by atoms with Gasteiger partial charge in [0.2, 0.25) is 0 Å². The highest BCUT2D eigenvalue weighted by atomic mass is 32.2. The van der Waals surface area contributed by atoms with Gasteiger partial charge in [-0.15, -0.1) is 23.1 Å². The van der Waals surface area contributed by atoms with E-state index in [0.717, 1.165) is 41.2 Å². The summed E-state index contributed by atoms with van der Waals surface area (Å²) in [6.45, 7) is 1.18. The Morgan fingerprint density at radius 1 is 1.22 bits per heavy atom. The molecule has 3 heterocycles. The summed E-state index contributed by atoms with van der Waals surface area (Å²) in [4.78, 5) is 45.7. The Balaban J connectivity index is 1.44. The number of thiazole rings is 1. The number of aromatic nitrogens is 1. The third-order valence-electron chi connectivity index (χ3n) is 5.81. The Kier molecular flexibility index (Phi) is 7.69. The molecule has 11 heteroatoms. The number of rotatable bonds is 7. The number of carbonyl (C=O) groups excluding carboxylic acids is 2. The van der Waals surface area contributed by atoms with Gasteiger partial charge in [-0.25, -0.2) is 9.78 Å². The summed E-state index contributed by atoms with van der Waals surface area (Å²) >= 11 is 3.91. The molecular weight excluding hydrogens is 468 g/mol. The average Bonchev–Trinajstić information content (AvgIpc) is 3.55. The van der Waals surface area contributed by atoms with Crippen LogP contribution in [-0.2, 0) is 4.79 Å². The van der Waals surface area contributed by atoms with Gasteiger partial charge in [-0.05, 0) is 30.7 Å². The highest BCUT2D eigenvalue weighted by molar-refractivity contribution is 8.01. The molecule has 172 valence electrons. The number of hydrogen-bond donors (Lipinski definition) is 2. The molecule has 0 aromatic carbocycles. The van der Waals surface area contributed by atoms with Crippen LogP contribution in [0.25, 0.3) is 0 Å². The van der Waals surface area contributed by atoms with Crippen LogP contribution in [0.5, 0.6) is 0 Å². The molecule has 2 aromatic heterocycles. The van der Waals surface area contributed by atoms with Gasteiger partial charge in [-0.1, -0.05) is 36.7 Å². The molecule has 0 bridgehead atoms. The van der Waals surface area contributed by atoms with Crippen LogP contribution in [0.3, 0.4) is 0 Å². The minimum absolute atomic E-state index is 0.0252. The fourth-order valence-corrected chi connectivity index (χ4v) is 6.64. The molecule has 1 aliphatic heterocycles. The summed E-state index contributed by atoms with van der Waals surface area (Å²) in [7, 11) is 0. The molecule has 32 heavy (non-hydrogen) atoms. The maximum Gasteiger partial charge on any atom is 0.324 e. The number of carboxylic acid groups (broad SMARTS) is 1. The van der Waals surface area contributed by atoms with Crippen LogP contribution in [0.1, 0.15) is 48.2 Å². The highest BCUT2D eigenvalue weighted by Crippen LogP contribution is 2.31. The number of likely N-dealkylation sites (tertiary alicyclic amines) is 1. The highest BCUT2D eigenvalue weighted by Gasteiger charge is 2.37. The molecule has 1 aliphatic carbocycles. The lowest BCUT2D eigenvalue weighted by Gasteiger charge is -2.38. The van der Waals surface area contributed by atoms with Gasteiger partial charge in [0.05, 0.1) is 27.1 Å². The molecule has 1 atom stereocenters. The first kappa shape index (κ1) is 23.1. The number of nitrogens with one attached hydrogen (secondary N) is 1. The van der Waals surface area contributed by atoms with Crippen LogP contribution in [0, 0.1) is 0 Å². The number of carbonyl (C=O) groups is 3. The standard InChI is InChI=1S/C21H26N4O4S3/c26-17(27)13-31-18-11-22-20(32-18)23-21(29)25(14-5-2-1-3-6-14)15-8-9-24(12-15)19(28)16-7-4-10-30-16/h4,7,10-11,14-15H,1-3,5-6,8-9,12-13H2,(H,26,27)(H,22,23,29)/t15-/m1/s1. The predicted molar refractivity (Wildman–Crippen MR) is 127 cm³/mol. The third kappa shape index (κ3) is 5.62. The Bertz CT molecular complexity index is 943. The zero-order valence-electron chi connectivity index (χ0n) is 17.6. The van der Waals surface area contributed by atoms with Gasteiger partial charge >= 0.3 is 12.0 Å². The van der Waals surface area contributed by atoms with Gasteiger partial charge in [-0.3, -0.25) is 14.9 Å². The van der Waals surface area contributed by atoms with Crippen LogP contribution < -0.4 is 5.32 Å². The van der Waals surface area contributed by atoms with Crippen molar-refractivity contribution in [2.24, 2.45) is 0 Å². The molecule has 4 rings (SSSR count). The zero-order chi connectivity index (χ0) is 22.5. The van der Waals surface area contributed by atoms with Gasteiger partial charge in [0.1, 0.15) is 0 Å². The van der Waals surface area contributed by atoms with Gasteiger partial charge in [-0.2, -0.15) is 0 Å². The molecule has 3 amide bonds. The summed E-state index contributed by atoms with van der Waals surface area (Å²) in [6, 6.07) is 3.67. The molecule has 2 N–H and O–H groups in total. The van der Waals surface area contributed by atoms with Crippen LogP contribution >= 0.6 is 34.4 Å². The normalized spacial score (nSPS) is 19.1. The quantitative estimate of drug-likeness (QED) is 0.551. The summed E-state index contributed by atoms with van der Waals surface area (Å²) < 4.78 is 0.750. The predicted octanol–water partition coefficient (Wildman–Crippen LogP) is 4.46. The van der Waals surface area contributed by atoms with Crippen molar-refractivity contribution in [3.05, 3.63) is 28.6 Å². The van der Waals surface area contributed by atoms with Crippen LogP contribution in [0.15, 0.2) is 27.9 Å². The maximum absolute atomic E-state index is 13.4. The lowest BCUT2D eigenvalue weighted by atomic mass is 9.93. The molecule has 0 spiro atoms. The minimum atomic E-state index is -0.889. The smallest absolute Gasteiger partial charge is 0.324 e. The number of aliphatic carboxylic acids is 1. The second-order valence-corrected chi connectivity index (χ2v) is 11.2. The largest absolute Gasteiger partial charge is 0.481 e. The lowest BCUT2D eigenvalue weighted by Crippen LogP contribution is -2.51. The summed E-state index contributed by atoms with van der Waals surface area (Å²) in [6.07, 6.45) is 7.70. The number of hydrogen-bond acceptors (Lipinski definition) is 7. The number of carboxylic acids is 1. The topological polar surface area (TPSA) is 103 Å². The Labute approximate surface area is 199 Å². The van der Waals surface area contributed by atoms with Crippen molar-refractivity contribution in [1.82, 2.24) is 14.8 Å². The molecule has 8 nitrogen and oxygen atoms in total. The van der Waals surface area contributed by atoms with Crippen molar-refractivity contribution < 1.29 is 19.5 Å². The SMILES string of the molecule is O=C(O)CSc1cnc(NC(=O)N(C2CCCCC2)[C@@H]2CCN(C(=O)c3cccs3)C2)s1. The third-order valence-corrected chi connectivity index (χ3v) is 8.76. The molecule has 0 unspecified atom stereocenters. The average molecular weight is 495 g/mol. The van der Waals surface area contributed by atoms with Crippen molar-refractivity contribution in [3.8, 4) is 0 Å². The van der Waals surface area contributed by atoms with Crippen molar-refractivity contribution >= 4 is 57.5 Å². The number of thioether (sulfide) groups is 1. The van der Waals surface area contributed by atoms with E-state index in [-0.39, 0.29) is 29.8 Å². The van der Waals surface area contributed by atoms with E-state index in [4.69, 9.17) is 5.11 Å². The molecular formula is C21H26N4O4S3. The van der Waals surface area contributed by atoms with E-state index in [0.29, 0.717) is 18.2 Å². The Morgan fingerprint density at radius 3 is 2.75 bits per heavy atom. The summed E-state index contributed by atoms with van der Waals surface area (Å²) in [5.41, 5.74) is 0. The monoisotopic (exact) mass is 494 g/mol. The van der Waals surface area contributed by atoms with Gasteiger partial charge in [0, 0.05) is 19.1 Å². The second kappa shape index (κ2) is 10.7. The van der Waals surface area contributed by atoms with Crippen molar-refractivity contribution in [3.63, 3.8) is 0 Å². The van der Waals surface area contributed by atoms with E-state index < -0.39 is 5.97 Å². The first-order valence-electron chi connectivity index (χ1n) is 10.7. The number of amides is 3. The van der Waals surface area contributed by atoms with Crippen molar-refractivity contribution in [2.45, 2.75) is 54.8 Å². The Hall–Kier alpha value is -2.11. The van der Waals surface area contributed by atoms with Crippen molar-refractivity contribution in [1.29, 1.82) is 0 Å². The number of anilines is 1. The molecule has 1 saturated carbocycles.